The van der Waals surface area contributed by atoms with E-state index in [0.29, 0.717) is 5.69 Å². The predicted molar refractivity (Wildman–Crippen MR) is 83.1 cm³/mol. The predicted octanol–water partition coefficient (Wildman–Crippen LogP) is 1.26. The summed E-state index contributed by atoms with van der Waals surface area (Å²) in [6.07, 6.45) is 1.08. The third-order valence-corrected chi connectivity index (χ3v) is 4.16. The lowest BCUT2D eigenvalue weighted by Gasteiger charge is -2.09. The van der Waals surface area contributed by atoms with Gasteiger partial charge in [0.2, 0.25) is 0 Å². The number of hydrogen-bond acceptors (Lipinski definition) is 4. The van der Waals surface area contributed by atoms with Crippen LogP contribution < -0.4 is 15.4 Å². The summed E-state index contributed by atoms with van der Waals surface area (Å²) in [6, 6.07) is 6.64. The third-order valence-electron chi connectivity index (χ3n) is 2.80. The van der Waals surface area contributed by atoms with E-state index in [0.717, 1.165) is 12.3 Å². The molecule has 0 aliphatic carbocycles. The maximum Gasteiger partial charge on any atom is 0.352 e. The van der Waals surface area contributed by atoms with Gasteiger partial charge in [0.1, 0.15) is 10.6 Å². The number of hydrogen-bond donors (Lipinski definition) is 5. The number of aromatic amines is 1. The maximum atomic E-state index is 12.2. The number of carbonyl (C=O) groups is 2. The Balaban J connectivity index is 2.21. The Hall–Kier alpha value is -3.01. The van der Waals surface area contributed by atoms with Crippen molar-refractivity contribution < 1.29 is 23.1 Å². The van der Waals surface area contributed by atoms with E-state index in [4.69, 9.17) is 5.11 Å². The van der Waals surface area contributed by atoms with Crippen LogP contribution in [-0.4, -0.2) is 37.6 Å². The Morgan fingerprint density at radius 1 is 1.17 bits per heavy atom. The number of amides is 2. The van der Waals surface area contributed by atoms with Gasteiger partial charge in [0.05, 0.1) is 5.69 Å². The molecule has 1 heterocycles. The quantitative estimate of drug-likeness (QED) is 0.558. The van der Waals surface area contributed by atoms with Gasteiger partial charge in [0, 0.05) is 18.9 Å². The van der Waals surface area contributed by atoms with Crippen molar-refractivity contribution in [2.75, 3.05) is 17.1 Å². The van der Waals surface area contributed by atoms with E-state index in [1.807, 2.05) is 0 Å². The number of rotatable bonds is 5. The van der Waals surface area contributed by atoms with Gasteiger partial charge >= 0.3 is 12.0 Å². The first-order valence-electron chi connectivity index (χ1n) is 6.35. The minimum absolute atomic E-state index is 0.209. The van der Waals surface area contributed by atoms with Gasteiger partial charge < -0.3 is 20.7 Å². The average Bonchev–Trinajstić information content (AvgIpc) is 2.98. The van der Waals surface area contributed by atoms with E-state index in [-0.39, 0.29) is 16.3 Å². The molecule has 0 radical (unpaired) electrons. The van der Waals surface area contributed by atoms with Gasteiger partial charge in [-0.25, -0.2) is 18.0 Å². The molecule has 0 unspecified atom stereocenters. The van der Waals surface area contributed by atoms with E-state index in [9.17, 15) is 18.0 Å². The molecule has 0 bridgehead atoms. The molecule has 9 nitrogen and oxygen atoms in total. The van der Waals surface area contributed by atoms with Gasteiger partial charge in [-0.1, -0.05) is 6.07 Å². The highest BCUT2D eigenvalue weighted by atomic mass is 32.2. The minimum atomic E-state index is -3.95. The minimum Gasteiger partial charge on any atom is -0.477 e. The third kappa shape index (κ3) is 4.01. The summed E-state index contributed by atoms with van der Waals surface area (Å²) in [6.45, 7) is 0. The molecule has 0 saturated carbocycles. The van der Waals surface area contributed by atoms with Crippen molar-refractivity contribution in [3.63, 3.8) is 0 Å². The average molecular weight is 338 g/mol. The lowest BCUT2D eigenvalue weighted by molar-refractivity contribution is 0.0691. The summed E-state index contributed by atoms with van der Waals surface area (Å²) in [5, 5.41) is 13.7. The highest BCUT2D eigenvalue weighted by Gasteiger charge is 2.18. The molecule has 0 saturated heterocycles. The number of urea groups is 1. The van der Waals surface area contributed by atoms with Crippen LogP contribution in [0.4, 0.5) is 16.2 Å². The van der Waals surface area contributed by atoms with Crippen molar-refractivity contribution in [1.29, 1.82) is 0 Å². The van der Waals surface area contributed by atoms with Crippen molar-refractivity contribution in [1.82, 2.24) is 10.3 Å². The summed E-state index contributed by atoms with van der Waals surface area (Å²) in [5.41, 5.74) is 0.377. The van der Waals surface area contributed by atoms with Gasteiger partial charge in [-0.2, -0.15) is 0 Å². The number of aromatic carboxylic acids is 1. The fourth-order valence-electron chi connectivity index (χ4n) is 1.72. The Bertz CT molecular complexity index is 844. The molecule has 0 aliphatic rings. The lowest BCUT2D eigenvalue weighted by Crippen LogP contribution is -2.24. The zero-order valence-electron chi connectivity index (χ0n) is 12.0. The number of aromatic nitrogens is 1. The number of anilines is 2. The second-order valence-corrected chi connectivity index (χ2v) is 6.13. The fraction of sp³-hybridized carbons (Fsp3) is 0.0769. The highest BCUT2D eigenvalue weighted by molar-refractivity contribution is 7.92. The summed E-state index contributed by atoms with van der Waals surface area (Å²) >= 11 is 0. The van der Waals surface area contributed by atoms with Crippen molar-refractivity contribution in [3.05, 3.63) is 42.2 Å². The van der Waals surface area contributed by atoms with Crippen LogP contribution in [0.1, 0.15) is 10.5 Å². The number of carbonyl (C=O) groups excluding carboxylic acids is 1. The molecule has 0 atom stereocenters. The van der Waals surface area contributed by atoms with Crippen LogP contribution in [0, 0.1) is 0 Å². The molecule has 1 aromatic heterocycles. The van der Waals surface area contributed by atoms with Gasteiger partial charge in [0.15, 0.2) is 0 Å². The topological polar surface area (TPSA) is 140 Å². The molecule has 5 N–H and O–H groups in total. The van der Waals surface area contributed by atoms with Crippen LogP contribution >= 0.6 is 0 Å². The number of carboxylic acid groups (broad SMARTS) is 1. The van der Waals surface area contributed by atoms with Gasteiger partial charge in [-0.05, 0) is 24.3 Å². The van der Waals surface area contributed by atoms with Crippen LogP contribution in [0.5, 0.6) is 0 Å². The number of H-pyrrole nitrogens is 1. The molecule has 2 amide bonds. The van der Waals surface area contributed by atoms with E-state index in [1.165, 1.54) is 19.2 Å². The molecule has 0 fully saturated rings. The monoisotopic (exact) mass is 338 g/mol. The summed E-state index contributed by atoms with van der Waals surface area (Å²) in [4.78, 5) is 24.2. The number of carboxylic acids is 1. The molecule has 122 valence electrons. The van der Waals surface area contributed by atoms with Crippen molar-refractivity contribution >= 4 is 33.4 Å². The molecular weight excluding hydrogens is 324 g/mol. The van der Waals surface area contributed by atoms with Crippen molar-refractivity contribution in [3.8, 4) is 0 Å². The zero-order valence-corrected chi connectivity index (χ0v) is 12.8. The molecule has 2 aromatic rings. The zero-order chi connectivity index (χ0) is 17.0. The highest BCUT2D eigenvalue weighted by Crippen LogP contribution is 2.20. The molecule has 0 aliphatic heterocycles. The van der Waals surface area contributed by atoms with Gasteiger partial charge in [-0.3, -0.25) is 4.72 Å². The van der Waals surface area contributed by atoms with Gasteiger partial charge in [0.25, 0.3) is 10.0 Å². The van der Waals surface area contributed by atoms with E-state index >= 15 is 0 Å². The summed E-state index contributed by atoms with van der Waals surface area (Å²) in [7, 11) is -2.50. The maximum absolute atomic E-state index is 12.2. The van der Waals surface area contributed by atoms with Crippen molar-refractivity contribution in [2.24, 2.45) is 0 Å². The molecule has 2 rings (SSSR count). The van der Waals surface area contributed by atoms with E-state index in [2.05, 4.69) is 20.3 Å². The molecule has 10 heteroatoms. The van der Waals surface area contributed by atoms with E-state index in [1.54, 1.807) is 12.1 Å². The normalized spacial score (nSPS) is 10.8. The molecule has 0 spiro atoms. The SMILES string of the molecule is CNC(=O)Nc1cccc(NS(=O)(=O)c2c[nH]c(C(=O)O)c2)c1. The lowest BCUT2D eigenvalue weighted by atomic mass is 10.3. The van der Waals surface area contributed by atoms with Crippen LogP contribution in [0.3, 0.4) is 0 Å². The van der Waals surface area contributed by atoms with E-state index < -0.39 is 22.0 Å². The van der Waals surface area contributed by atoms with Crippen LogP contribution in [-0.2, 0) is 10.0 Å². The van der Waals surface area contributed by atoms with Crippen LogP contribution in [0.25, 0.3) is 0 Å². The van der Waals surface area contributed by atoms with Crippen LogP contribution in [0.15, 0.2) is 41.4 Å². The standard InChI is InChI=1S/C13H14N4O5S/c1-14-13(20)16-8-3-2-4-9(5-8)17-23(21,22)10-6-11(12(18)19)15-7-10/h2-7,15,17H,1H3,(H,18,19)(H2,14,16,20). The van der Waals surface area contributed by atoms with Crippen LogP contribution in [0.2, 0.25) is 0 Å². The summed E-state index contributed by atoms with van der Waals surface area (Å²) < 4.78 is 26.7. The molecule has 1 aromatic carbocycles. The Labute approximate surface area is 131 Å². The number of sulfonamides is 1. The Kier molecular flexibility index (Phi) is 4.55. The first-order valence-corrected chi connectivity index (χ1v) is 7.83. The van der Waals surface area contributed by atoms with Crippen molar-refractivity contribution in [2.45, 2.75) is 4.90 Å². The second kappa shape index (κ2) is 6.40. The largest absolute Gasteiger partial charge is 0.477 e. The van der Waals surface area contributed by atoms with Gasteiger partial charge in [-0.15, -0.1) is 0 Å². The fourth-order valence-corrected chi connectivity index (χ4v) is 2.76. The summed E-state index contributed by atoms with van der Waals surface area (Å²) in [5.74, 6) is -1.26. The number of benzene rings is 1. The Morgan fingerprint density at radius 2 is 1.87 bits per heavy atom. The number of nitrogens with one attached hydrogen (secondary N) is 4. The molecular formula is C13H14N4O5S. The first kappa shape index (κ1) is 16.4. The second-order valence-electron chi connectivity index (χ2n) is 4.44. The molecule has 23 heavy (non-hydrogen) atoms. The Morgan fingerprint density at radius 3 is 2.48 bits per heavy atom. The first-order chi connectivity index (χ1) is 10.8. The smallest absolute Gasteiger partial charge is 0.352 e.